The molecule has 1 aliphatic carbocycles. The number of rotatable bonds is 6. The monoisotopic (exact) mass is 316 g/mol. The van der Waals surface area contributed by atoms with Gasteiger partial charge in [-0.05, 0) is 42.9 Å². The van der Waals surface area contributed by atoms with Crippen molar-refractivity contribution in [3.63, 3.8) is 0 Å². The Kier molecular flexibility index (Phi) is 6.23. The van der Waals surface area contributed by atoms with Crippen LogP contribution in [0.2, 0.25) is 0 Å². The topological polar surface area (TPSA) is 32.3 Å². The highest BCUT2D eigenvalue weighted by molar-refractivity contribution is 5.94. The molecule has 1 amide bonds. The SMILES string of the molecule is CC(C)c1cccc(C(C)C)c1NC(=O)CN(C)C1CCCC1. The second-order valence-corrected chi connectivity index (χ2v) is 7.52. The molecule has 1 aromatic rings. The number of nitrogens with zero attached hydrogens (tertiary/aromatic N) is 1. The van der Waals surface area contributed by atoms with Crippen molar-refractivity contribution in [2.75, 3.05) is 18.9 Å². The first-order valence-corrected chi connectivity index (χ1v) is 9.03. The third-order valence-electron chi connectivity index (χ3n) is 4.98. The van der Waals surface area contributed by atoms with E-state index in [0.717, 1.165) is 5.69 Å². The number of hydrogen-bond donors (Lipinski definition) is 1. The Labute approximate surface area is 141 Å². The summed E-state index contributed by atoms with van der Waals surface area (Å²) in [7, 11) is 2.08. The fourth-order valence-corrected chi connectivity index (χ4v) is 3.57. The molecule has 1 N–H and O–H groups in total. The van der Waals surface area contributed by atoms with Gasteiger partial charge in [-0.25, -0.2) is 0 Å². The molecule has 3 heteroatoms. The van der Waals surface area contributed by atoms with Crippen LogP contribution in [0.25, 0.3) is 0 Å². The average molecular weight is 316 g/mol. The van der Waals surface area contributed by atoms with E-state index in [-0.39, 0.29) is 5.91 Å². The second-order valence-electron chi connectivity index (χ2n) is 7.52. The molecule has 0 bridgehead atoms. The van der Waals surface area contributed by atoms with Gasteiger partial charge in [0, 0.05) is 11.7 Å². The molecule has 0 radical (unpaired) electrons. The van der Waals surface area contributed by atoms with E-state index in [9.17, 15) is 4.79 Å². The molecular formula is C20H32N2O. The van der Waals surface area contributed by atoms with Crippen molar-refractivity contribution in [1.29, 1.82) is 0 Å². The van der Waals surface area contributed by atoms with Crippen molar-refractivity contribution >= 4 is 11.6 Å². The third kappa shape index (κ3) is 4.57. The van der Waals surface area contributed by atoms with E-state index >= 15 is 0 Å². The first-order chi connectivity index (χ1) is 10.9. The lowest BCUT2D eigenvalue weighted by Gasteiger charge is -2.25. The Morgan fingerprint density at radius 1 is 1.13 bits per heavy atom. The van der Waals surface area contributed by atoms with Crippen LogP contribution in [0.15, 0.2) is 18.2 Å². The van der Waals surface area contributed by atoms with Gasteiger partial charge in [0.25, 0.3) is 0 Å². The fraction of sp³-hybridized carbons (Fsp3) is 0.650. The number of carbonyl (C=O) groups excluding carboxylic acids is 1. The van der Waals surface area contributed by atoms with Gasteiger partial charge in [0.2, 0.25) is 5.91 Å². The molecule has 0 spiro atoms. The molecular weight excluding hydrogens is 284 g/mol. The van der Waals surface area contributed by atoms with Crippen molar-refractivity contribution in [2.24, 2.45) is 0 Å². The highest BCUT2D eigenvalue weighted by Gasteiger charge is 2.22. The molecule has 1 fully saturated rings. The Balaban J connectivity index is 2.12. The Morgan fingerprint density at radius 2 is 1.65 bits per heavy atom. The van der Waals surface area contributed by atoms with Crippen LogP contribution in [0.1, 0.15) is 76.3 Å². The van der Waals surface area contributed by atoms with E-state index < -0.39 is 0 Å². The molecule has 0 atom stereocenters. The lowest BCUT2D eigenvalue weighted by molar-refractivity contribution is -0.117. The number of anilines is 1. The minimum absolute atomic E-state index is 0.106. The van der Waals surface area contributed by atoms with Crippen LogP contribution >= 0.6 is 0 Å². The van der Waals surface area contributed by atoms with E-state index in [1.165, 1.54) is 36.8 Å². The van der Waals surface area contributed by atoms with Crippen LogP contribution in [0, 0.1) is 0 Å². The summed E-state index contributed by atoms with van der Waals surface area (Å²) in [4.78, 5) is 14.8. The van der Waals surface area contributed by atoms with Gasteiger partial charge >= 0.3 is 0 Å². The zero-order valence-corrected chi connectivity index (χ0v) is 15.4. The number of likely N-dealkylation sites (N-methyl/N-ethyl adjacent to an activating group) is 1. The standard InChI is InChI=1S/C20H32N2O/c1-14(2)17-11-8-12-18(15(3)4)20(17)21-19(23)13-22(5)16-9-6-7-10-16/h8,11-12,14-16H,6-7,9-10,13H2,1-5H3,(H,21,23). The highest BCUT2D eigenvalue weighted by atomic mass is 16.2. The van der Waals surface area contributed by atoms with Crippen molar-refractivity contribution in [3.05, 3.63) is 29.3 Å². The molecule has 0 unspecified atom stereocenters. The number of amides is 1. The molecule has 1 aliphatic rings. The Morgan fingerprint density at radius 3 is 2.13 bits per heavy atom. The molecule has 0 saturated heterocycles. The maximum Gasteiger partial charge on any atom is 0.238 e. The normalized spacial score (nSPS) is 15.8. The van der Waals surface area contributed by atoms with Gasteiger partial charge in [-0.1, -0.05) is 58.7 Å². The summed E-state index contributed by atoms with van der Waals surface area (Å²) in [5.41, 5.74) is 3.49. The van der Waals surface area contributed by atoms with Gasteiger partial charge < -0.3 is 5.32 Å². The predicted molar refractivity (Wildman–Crippen MR) is 98.1 cm³/mol. The maximum atomic E-state index is 12.6. The zero-order chi connectivity index (χ0) is 17.0. The van der Waals surface area contributed by atoms with Crippen LogP contribution in [-0.2, 0) is 4.79 Å². The first kappa shape index (κ1) is 18.0. The second kappa shape index (κ2) is 7.96. The van der Waals surface area contributed by atoms with Gasteiger partial charge in [-0.15, -0.1) is 0 Å². The van der Waals surface area contributed by atoms with Gasteiger partial charge in [0.05, 0.1) is 6.54 Å². The van der Waals surface area contributed by atoms with Crippen LogP contribution < -0.4 is 5.32 Å². The first-order valence-electron chi connectivity index (χ1n) is 9.03. The zero-order valence-electron chi connectivity index (χ0n) is 15.4. The minimum Gasteiger partial charge on any atom is -0.324 e. The third-order valence-corrected chi connectivity index (χ3v) is 4.98. The molecule has 2 rings (SSSR count). The molecule has 1 aromatic carbocycles. The number of para-hydroxylation sites is 1. The smallest absolute Gasteiger partial charge is 0.238 e. The number of benzene rings is 1. The van der Waals surface area contributed by atoms with E-state index in [0.29, 0.717) is 24.4 Å². The summed E-state index contributed by atoms with van der Waals surface area (Å²) in [5, 5.41) is 3.22. The van der Waals surface area contributed by atoms with Gasteiger partial charge in [0.15, 0.2) is 0 Å². The van der Waals surface area contributed by atoms with Crippen LogP contribution in [0.4, 0.5) is 5.69 Å². The summed E-state index contributed by atoms with van der Waals surface area (Å²) < 4.78 is 0. The van der Waals surface area contributed by atoms with Crippen molar-refractivity contribution < 1.29 is 4.79 Å². The Bertz CT molecular complexity index is 504. The van der Waals surface area contributed by atoms with Crippen LogP contribution in [0.3, 0.4) is 0 Å². The molecule has 0 aliphatic heterocycles. The van der Waals surface area contributed by atoms with E-state index in [1.54, 1.807) is 0 Å². The van der Waals surface area contributed by atoms with Gasteiger partial charge in [-0.2, -0.15) is 0 Å². The number of carbonyl (C=O) groups is 1. The van der Waals surface area contributed by atoms with Crippen LogP contribution in [0.5, 0.6) is 0 Å². The molecule has 1 saturated carbocycles. The molecule has 3 nitrogen and oxygen atoms in total. The largest absolute Gasteiger partial charge is 0.324 e. The van der Waals surface area contributed by atoms with Crippen molar-refractivity contribution in [2.45, 2.75) is 71.3 Å². The minimum atomic E-state index is 0.106. The molecule has 23 heavy (non-hydrogen) atoms. The molecule has 128 valence electrons. The van der Waals surface area contributed by atoms with Gasteiger partial charge in [-0.3, -0.25) is 9.69 Å². The fourth-order valence-electron chi connectivity index (χ4n) is 3.57. The summed E-state index contributed by atoms with van der Waals surface area (Å²) in [5.74, 6) is 0.905. The number of nitrogens with one attached hydrogen (secondary N) is 1. The lowest BCUT2D eigenvalue weighted by Crippen LogP contribution is -2.36. The average Bonchev–Trinajstić information content (AvgIpc) is 3.01. The van der Waals surface area contributed by atoms with Crippen LogP contribution in [-0.4, -0.2) is 30.4 Å². The maximum absolute atomic E-state index is 12.6. The Hall–Kier alpha value is -1.35. The number of hydrogen-bond acceptors (Lipinski definition) is 2. The van der Waals surface area contributed by atoms with E-state index in [2.05, 4.69) is 63.2 Å². The quantitative estimate of drug-likeness (QED) is 0.821. The summed E-state index contributed by atoms with van der Waals surface area (Å²) >= 11 is 0. The lowest BCUT2D eigenvalue weighted by atomic mass is 9.92. The van der Waals surface area contributed by atoms with E-state index in [1.807, 2.05) is 0 Å². The summed E-state index contributed by atoms with van der Waals surface area (Å²) in [6.45, 7) is 9.20. The highest BCUT2D eigenvalue weighted by Crippen LogP contribution is 2.32. The molecule has 0 aromatic heterocycles. The summed E-state index contributed by atoms with van der Waals surface area (Å²) in [6.07, 6.45) is 5.04. The van der Waals surface area contributed by atoms with Crippen molar-refractivity contribution in [1.82, 2.24) is 4.90 Å². The molecule has 0 heterocycles. The van der Waals surface area contributed by atoms with Gasteiger partial charge in [0.1, 0.15) is 0 Å². The predicted octanol–water partition coefficient (Wildman–Crippen LogP) is 4.75. The van der Waals surface area contributed by atoms with Crippen molar-refractivity contribution in [3.8, 4) is 0 Å². The summed E-state index contributed by atoms with van der Waals surface area (Å²) in [6, 6.07) is 6.94. The van der Waals surface area contributed by atoms with E-state index in [4.69, 9.17) is 0 Å².